The number of rotatable bonds is 9. The fraction of sp³-hybridized carbons (Fsp3) is 0.611. The minimum atomic E-state index is 0.628. The molecule has 1 saturated heterocycles. The molecular weight excluding hydrogens is 304 g/mol. The fourth-order valence-corrected chi connectivity index (χ4v) is 2.59. The number of ether oxygens (including phenoxy) is 2. The maximum atomic E-state index is 5.46. The van der Waals surface area contributed by atoms with Crippen molar-refractivity contribution in [1.82, 2.24) is 14.8 Å². The monoisotopic (exact) mass is 336 g/mol. The zero-order chi connectivity index (χ0) is 18.1. The van der Waals surface area contributed by atoms with Crippen LogP contribution >= 0.6 is 0 Å². The molecule has 0 amide bonds. The maximum absolute atomic E-state index is 5.46. The predicted octanol–water partition coefficient (Wildman–Crippen LogP) is 2.83. The standard InChI is InChI=1S/C18H32N4O2/c1-8-15(3)18(16(4)22-10-12-24-13-11-22)21(9-2)14-17(23-7)20(6)19-5/h14H,4-5,8-13H2,1-3,6-7H3/b17-14-,18-15-. The Morgan fingerprint density at radius 2 is 1.96 bits per heavy atom. The molecule has 0 aromatic heterocycles. The maximum Gasteiger partial charge on any atom is 0.226 e. The molecule has 0 aromatic carbocycles. The average molecular weight is 336 g/mol. The SMILES string of the molecule is C=NN(C)/C(=C/N(CC)/C(C(=C)N1CCOCC1)=C(/C)CC)OC. The molecule has 1 heterocycles. The van der Waals surface area contributed by atoms with Gasteiger partial charge in [-0.05, 0) is 25.8 Å². The quantitative estimate of drug-likeness (QED) is 0.280. The number of likely N-dealkylation sites (N-methyl/N-ethyl adjacent to an activating group) is 1. The van der Waals surface area contributed by atoms with E-state index in [0.29, 0.717) is 5.88 Å². The summed E-state index contributed by atoms with van der Waals surface area (Å²) in [5.41, 5.74) is 3.45. The Labute approximate surface area is 146 Å². The van der Waals surface area contributed by atoms with Gasteiger partial charge in [0.15, 0.2) is 0 Å². The van der Waals surface area contributed by atoms with Gasteiger partial charge in [-0.1, -0.05) is 13.5 Å². The van der Waals surface area contributed by atoms with E-state index in [1.807, 2.05) is 13.2 Å². The first kappa shape index (κ1) is 20.1. The highest BCUT2D eigenvalue weighted by atomic mass is 16.5. The molecule has 1 rings (SSSR count). The second-order valence-corrected chi connectivity index (χ2v) is 5.65. The lowest BCUT2D eigenvalue weighted by molar-refractivity contribution is 0.0535. The van der Waals surface area contributed by atoms with E-state index < -0.39 is 0 Å². The summed E-state index contributed by atoms with van der Waals surface area (Å²) in [5.74, 6) is 0.628. The largest absolute Gasteiger partial charge is 0.480 e. The normalized spacial score (nSPS) is 16.4. The van der Waals surface area contributed by atoms with E-state index in [4.69, 9.17) is 9.47 Å². The first-order valence-corrected chi connectivity index (χ1v) is 8.44. The van der Waals surface area contributed by atoms with Gasteiger partial charge in [0.1, 0.15) is 0 Å². The second-order valence-electron chi connectivity index (χ2n) is 5.65. The van der Waals surface area contributed by atoms with Gasteiger partial charge in [-0.3, -0.25) is 0 Å². The van der Waals surface area contributed by atoms with Gasteiger partial charge in [0.25, 0.3) is 0 Å². The zero-order valence-corrected chi connectivity index (χ0v) is 15.8. The molecule has 0 spiro atoms. The Morgan fingerprint density at radius 3 is 2.42 bits per heavy atom. The van der Waals surface area contributed by atoms with E-state index >= 15 is 0 Å². The molecule has 1 aliphatic heterocycles. The number of hydrogen-bond acceptors (Lipinski definition) is 6. The van der Waals surface area contributed by atoms with Gasteiger partial charge in [0.05, 0.1) is 37.9 Å². The Kier molecular flexibility index (Phi) is 8.40. The molecule has 0 saturated carbocycles. The molecule has 24 heavy (non-hydrogen) atoms. The van der Waals surface area contributed by atoms with Crippen LogP contribution in [0.15, 0.2) is 40.7 Å². The highest BCUT2D eigenvalue weighted by Gasteiger charge is 2.21. The van der Waals surface area contributed by atoms with Crippen LogP contribution in [0.3, 0.4) is 0 Å². The second kappa shape index (κ2) is 10.0. The average Bonchev–Trinajstić information content (AvgIpc) is 2.64. The van der Waals surface area contributed by atoms with Crippen LogP contribution in [-0.4, -0.2) is 68.5 Å². The van der Waals surface area contributed by atoms with Crippen LogP contribution in [0.4, 0.5) is 0 Å². The molecule has 0 unspecified atom stereocenters. The molecule has 0 atom stereocenters. The summed E-state index contributed by atoms with van der Waals surface area (Å²) in [6.07, 6.45) is 2.91. The summed E-state index contributed by atoms with van der Waals surface area (Å²) in [6.45, 7) is 18.4. The lowest BCUT2D eigenvalue weighted by atomic mass is 10.1. The summed E-state index contributed by atoms with van der Waals surface area (Å²) in [4.78, 5) is 4.45. The van der Waals surface area contributed by atoms with Crippen LogP contribution in [0.1, 0.15) is 27.2 Å². The first-order valence-electron chi connectivity index (χ1n) is 8.44. The summed E-state index contributed by atoms with van der Waals surface area (Å²) in [5, 5.41) is 5.51. The van der Waals surface area contributed by atoms with Gasteiger partial charge in [-0.15, -0.1) is 0 Å². The van der Waals surface area contributed by atoms with Gasteiger partial charge in [-0.25, -0.2) is 5.01 Å². The molecular formula is C18H32N4O2. The number of hydrazone groups is 1. The Balaban J connectivity index is 3.19. The minimum Gasteiger partial charge on any atom is -0.480 e. The Bertz CT molecular complexity index is 493. The molecule has 6 nitrogen and oxygen atoms in total. The Hall–Kier alpha value is -1.95. The van der Waals surface area contributed by atoms with Crippen LogP contribution in [0.25, 0.3) is 0 Å². The number of morpholine rings is 1. The zero-order valence-electron chi connectivity index (χ0n) is 15.8. The summed E-state index contributed by atoms with van der Waals surface area (Å²) < 4.78 is 10.9. The molecule has 136 valence electrons. The smallest absolute Gasteiger partial charge is 0.226 e. The predicted molar refractivity (Wildman–Crippen MR) is 99.3 cm³/mol. The van der Waals surface area contributed by atoms with Crippen molar-refractivity contribution < 1.29 is 9.47 Å². The van der Waals surface area contributed by atoms with Crippen molar-refractivity contribution in [2.24, 2.45) is 5.10 Å². The van der Waals surface area contributed by atoms with Crippen molar-refractivity contribution in [2.45, 2.75) is 27.2 Å². The summed E-state index contributed by atoms with van der Waals surface area (Å²) in [7, 11) is 3.44. The molecule has 1 aliphatic rings. The molecule has 0 aromatic rings. The third-order valence-electron chi connectivity index (χ3n) is 4.24. The highest BCUT2D eigenvalue weighted by molar-refractivity contribution is 5.33. The van der Waals surface area contributed by atoms with Gasteiger partial charge >= 0.3 is 0 Å². The number of hydrogen-bond donors (Lipinski definition) is 0. The summed E-state index contributed by atoms with van der Waals surface area (Å²) in [6, 6.07) is 0. The Morgan fingerprint density at radius 1 is 1.33 bits per heavy atom. The number of allylic oxidation sites excluding steroid dienone is 1. The topological polar surface area (TPSA) is 40.5 Å². The third-order valence-corrected chi connectivity index (χ3v) is 4.24. The van der Waals surface area contributed by atoms with Gasteiger partial charge in [0, 0.05) is 33.4 Å². The van der Waals surface area contributed by atoms with E-state index in [9.17, 15) is 0 Å². The van der Waals surface area contributed by atoms with Crippen molar-refractivity contribution in [1.29, 1.82) is 0 Å². The van der Waals surface area contributed by atoms with E-state index in [0.717, 1.165) is 50.7 Å². The van der Waals surface area contributed by atoms with Crippen molar-refractivity contribution in [3.05, 3.63) is 35.6 Å². The number of methoxy groups -OCH3 is 1. The molecule has 0 N–H and O–H groups in total. The van der Waals surface area contributed by atoms with Crippen LogP contribution in [0.5, 0.6) is 0 Å². The summed E-state index contributed by atoms with van der Waals surface area (Å²) >= 11 is 0. The highest BCUT2D eigenvalue weighted by Crippen LogP contribution is 2.25. The third kappa shape index (κ3) is 5.03. The molecule has 0 aliphatic carbocycles. The number of nitrogens with zero attached hydrogens (tertiary/aromatic N) is 4. The van der Waals surface area contributed by atoms with E-state index in [-0.39, 0.29) is 0 Å². The van der Waals surface area contributed by atoms with Crippen molar-refractivity contribution >= 4 is 6.72 Å². The van der Waals surface area contributed by atoms with Crippen LogP contribution in [-0.2, 0) is 9.47 Å². The van der Waals surface area contributed by atoms with Crippen molar-refractivity contribution in [2.75, 3.05) is 47.0 Å². The van der Waals surface area contributed by atoms with Crippen molar-refractivity contribution in [3.63, 3.8) is 0 Å². The van der Waals surface area contributed by atoms with Crippen molar-refractivity contribution in [3.8, 4) is 0 Å². The molecule has 6 heteroatoms. The van der Waals surface area contributed by atoms with E-state index in [2.05, 4.69) is 49.0 Å². The molecule has 0 bridgehead atoms. The van der Waals surface area contributed by atoms with Crippen LogP contribution in [0, 0.1) is 0 Å². The van der Waals surface area contributed by atoms with E-state index in [1.54, 1.807) is 12.1 Å². The first-order chi connectivity index (χ1) is 11.5. The van der Waals surface area contributed by atoms with Gasteiger partial charge in [0.2, 0.25) is 5.88 Å². The van der Waals surface area contributed by atoms with Crippen LogP contribution in [0.2, 0.25) is 0 Å². The lowest BCUT2D eigenvalue weighted by Crippen LogP contribution is -2.38. The van der Waals surface area contributed by atoms with E-state index in [1.165, 1.54) is 5.57 Å². The molecule has 0 radical (unpaired) electrons. The molecule has 1 fully saturated rings. The minimum absolute atomic E-state index is 0.628. The van der Waals surface area contributed by atoms with Gasteiger partial charge < -0.3 is 19.3 Å². The van der Waals surface area contributed by atoms with Crippen LogP contribution < -0.4 is 0 Å². The lowest BCUT2D eigenvalue weighted by Gasteiger charge is -2.36. The fourth-order valence-electron chi connectivity index (χ4n) is 2.59. The van der Waals surface area contributed by atoms with Gasteiger partial charge in [-0.2, -0.15) is 5.10 Å².